The average molecular weight is 402 g/mol. The number of carbonyl (C=O) groups excluding carboxylic acids is 1. The molecule has 1 heterocycles. The van der Waals surface area contributed by atoms with Gasteiger partial charge in [-0.15, -0.1) is 0 Å². The van der Waals surface area contributed by atoms with Crippen LogP contribution in [0.25, 0.3) is 11.1 Å². The summed E-state index contributed by atoms with van der Waals surface area (Å²) in [5.74, 6) is 0.636. The fourth-order valence-electron chi connectivity index (χ4n) is 3.70. The summed E-state index contributed by atoms with van der Waals surface area (Å²) in [5, 5.41) is 13.8. The van der Waals surface area contributed by atoms with E-state index < -0.39 is 6.10 Å². The van der Waals surface area contributed by atoms with Gasteiger partial charge in [-0.2, -0.15) is 0 Å². The summed E-state index contributed by atoms with van der Waals surface area (Å²) in [6.45, 7) is 2.99. The van der Waals surface area contributed by atoms with Crippen LogP contribution in [0.3, 0.4) is 0 Å². The van der Waals surface area contributed by atoms with E-state index in [9.17, 15) is 9.90 Å². The van der Waals surface area contributed by atoms with Gasteiger partial charge in [-0.05, 0) is 43.0 Å². The van der Waals surface area contributed by atoms with Crippen molar-refractivity contribution in [3.05, 3.63) is 47.1 Å². The Morgan fingerprint density at radius 3 is 2.68 bits per heavy atom. The number of benzene rings is 1. The Morgan fingerprint density at radius 2 is 2.00 bits per heavy atom. The van der Waals surface area contributed by atoms with Gasteiger partial charge in [0.15, 0.2) is 0 Å². The second kappa shape index (κ2) is 9.39. The number of nitrogens with zero attached hydrogens (tertiary/aromatic N) is 2. The highest BCUT2D eigenvalue weighted by Gasteiger charge is 2.25. The van der Waals surface area contributed by atoms with Crippen LogP contribution in [0.4, 0.5) is 5.82 Å². The van der Waals surface area contributed by atoms with Gasteiger partial charge < -0.3 is 15.3 Å². The standard InChI is InChI=1S/C22H28ClN3O2/c1-3-12-26(2)21-18(15-8-10-17(23)11-9-15)13-16(14-24-21)22(28)25-19-6-4-5-7-20(19)27/h8-11,13-14,19-20,27H,3-7,12H2,1-2H3,(H,25,28). The predicted molar refractivity (Wildman–Crippen MR) is 114 cm³/mol. The molecule has 2 atom stereocenters. The highest BCUT2D eigenvalue weighted by molar-refractivity contribution is 6.30. The first kappa shape index (κ1) is 20.6. The first-order valence-electron chi connectivity index (χ1n) is 9.95. The van der Waals surface area contributed by atoms with Gasteiger partial charge in [-0.1, -0.05) is 43.5 Å². The van der Waals surface area contributed by atoms with Crippen molar-refractivity contribution in [1.82, 2.24) is 10.3 Å². The SMILES string of the molecule is CCCN(C)c1ncc(C(=O)NC2CCCCC2O)cc1-c1ccc(Cl)cc1. The number of aromatic nitrogens is 1. The molecule has 2 N–H and O–H groups in total. The molecule has 6 heteroatoms. The number of anilines is 1. The fraction of sp³-hybridized carbons (Fsp3) is 0.455. The maximum atomic E-state index is 12.8. The van der Waals surface area contributed by atoms with Gasteiger partial charge in [0.1, 0.15) is 5.82 Å². The predicted octanol–water partition coefficient (Wildman–Crippen LogP) is 4.28. The van der Waals surface area contributed by atoms with Gasteiger partial charge in [0.2, 0.25) is 0 Å². The van der Waals surface area contributed by atoms with E-state index in [0.29, 0.717) is 10.6 Å². The zero-order valence-electron chi connectivity index (χ0n) is 16.5. The van der Waals surface area contributed by atoms with E-state index in [1.807, 2.05) is 37.4 Å². The maximum absolute atomic E-state index is 12.8. The van der Waals surface area contributed by atoms with Crippen molar-refractivity contribution in [1.29, 1.82) is 0 Å². The van der Waals surface area contributed by atoms with Crippen molar-refractivity contribution >= 4 is 23.3 Å². The van der Waals surface area contributed by atoms with Crippen LogP contribution in [0.2, 0.25) is 5.02 Å². The number of nitrogens with one attached hydrogen (secondary N) is 1. The monoisotopic (exact) mass is 401 g/mol. The van der Waals surface area contributed by atoms with Crippen LogP contribution < -0.4 is 10.2 Å². The lowest BCUT2D eigenvalue weighted by molar-refractivity contribution is 0.0717. The number of pyridine rings is 1. The summed E-state index contributed by atoms with van der Waals surface area (Å²) in [4.78, 5) is 19.5. The number of aliphatic hydroxyl groups excluding tert-OH is 1. The van der Waals surface area contributed by atoms with Crippen molar-refractivity contribution in [3.63, 3.8) is 0 Å². The van der Waals surface area contributed by atoms with Gasteiger partial charge in [-0.3, -0.25) is 4.79 Å². The molecule has 1 aromatic heterocycles. The van der Waals surface area contributed by atoms with E-state index in [1.54, 1.807) is 6.20 Å². The van der Waals surface area contributed by atoms with Crippen LogP contribution >= 0.6 is 11.6 Å². The average Bonchev–Trinajstić information content (AvgIpc) is 2.70. The molecule has 28 heavy (non-hydrogen) atoms. The Bertz CT molecular complexity index is 810. The highest BCUT2D eigenvalue weighted by Crippen LogP contribution is 2.30. The zero-order chi connectivity index (χ0) is 20.1. The van der Waals surface area contributed by atoms with E-state index >= 15 is 0 Å². The third kappa shape index (κ3) is 4.83. The zero-order valence-corrected chi connectivity index (χ0v) is 17.2. The number of carbonyl (C=O) groups is 1. The summed E-state index contributed by atoms with van der Waals surface area (Å²) in [5.41, 5.74) is 2.35. The Kier molecular flexibility index (Phi) is 6.92. The Morgan fingerprint density at radius 1 is 1.29 bits per heavy atom. The molecule has 0 saturated heterocycles. The fourth-order valence-corrected chi connectivity index (χ4v) is 3.83. The third-order valence-corrected chi connectivity index (χ3v) is 5.50. The summed E-state index contributed by atoms with van der Waals surface area (Å²) in [6, 6.07) is 9.24. The molecule has 0 aliphatic heterocycles. The first-order chi connectivity index (χ1) is 13.5. The van der Waals surface area contributed by atoms with Crippen LogP contribution in [-0.2, 0) is 0 Å². The molecule has 0 radical (unpaired) electrons. The molecule has 1 saturated carbocycles. The molecule has 3 rings (SSSR count). The molecular weight excluding hydrogens is 374 g/mol. The summed E-state index contributed by atoms with van der Waals surface area (Å²) < 4.78 is 0. The molecule has 2 aromatic rings. The van der Waals surface area contributed by atoms with E-state index in [4.69, 9.17) is 11.6 Å². The van der Waals surface area contributed by atoms with Gasteiger partial charge in [0, 0.05) is 30.4 Å². The minimum Gasteiger partial charge on any atom is -0.391 e. The van der Waals surface area contributed by atoms with Gasteiger partial charge in [0.05, 0.1) is 17.7 Å². The van der Waals surface area contributed by atoms with Crippen LogP contribution in [0.1, 0.15) is 49.4 Å². The molecular formula is C22H28ClN3O2. The molecule has 1 aromatic carbocycles. The number of aliphatic hydroxyl groups is 1. The minimum absolute atomic E-state index is 0.192. The van der Waals surface area contributed by atoms with Crippen LogP contribution in [0.15, 0.2) is 36.5 Å². The van der Waals surface area contributed by atoms with E-state index in [1.165, 1.54) is 0 Å². The van der Waals surface area contributed by atoms with Crippen molar-refractivity contribution in [2.45, 2.75) is 51.2 Å². The lowest BCUT2D eigenvalue weighted by Crippen LogP contribution is -2.45. The largest absolute Gasteiger partial charge is 0.391 e. The maximum Gasteiger partial charge on any atom is 0.253 e. The molecule has 1 amide bonds. The number of amides is 1. The first-order valence-corrected chi connectivity index (χ1v) is 10.3. The quantitative estimate of drug-likeness (QED) is 0.758. The molecule has 150 valence electrons. The lowest BCUT2D eigenvalue weighted by Gasteiger charge is -2.28. The van der Waals surface area contributed by atoms with Crippen molar-refractivity contribution in [2.75, 3.05) is 18.5 Å². The Hall–Kier alpha value is -2.11. The summed E-state index contributed by atoms with van der Waals surface area (Å²) in [7, 11) is 2.00. The number of hydrogen-bond acceptors (Lipinski definition) is 4. The van der Waals surface area contributed by atoms with Gasteiger partial charge in [0.25, 0.3) is 5.91 Å². The summed E-state index contributed by atoms with van der Waals surface area (Å²) >= 11 is 6.04. The van der Waals surface area contributed by atoms with E-state index in [-0.39, 0.29) is 11.9 Å². The highest BCUT2D eigenvalue weighted by atomic mass is 35.5. The van der Waals surface area contributed by atoms with Gasteiger partial charge >= 0.3 is 0 Å². The smallest absolute Gasteiger partial charge is 0.253 e. The van der Waals surface area contributed by atoms with E-state index in [0.717, 1.165) is 55.6 Å². The third-order valence-electron chi connectivity index (χ3n) is 5.25. The Labute approximate surface area is 171 Å². The molecule has 2 unspecified atom stereocenters. The minimum atomic E-state index is -0.476. The second-order valence-corrected chi connectivity index (χ2v) is 7.89. The Balaban J connectivity index is 1.91. The van der Waals surface area contributed by atoms with Crippen molar-refractivity contribution < 1.29 is 9.90 Å². The van der Waals surface area contributed by atoms with Crippen LogP contribution in [-0.4, -0.2) is 41.7 Å². The topological polar surface area (TPSA) is 65.5 Å². The normalized spacial score (nSPS) is 19.3. The van der Waals surface area contributed by atoms with Gasteiger partial charge in [-0.25, -0.2) is 4.98 Å². The molecule has 1 fully saturated rings. The van der Waals surface area contributed by atoms with Crippen molar-refractivity contribution in [3.8, 4) is 11.1 Å². The molecule has 0 bridgehead atoms. The molecule has 5 nitrogen and oxygen atoms in total. The van der Waals surface area contributed by atoms with Crippen molar-refractivity contribution in [2.24, 2.45) is 0 Å². The second-order valence-electron chi connectivity index (χ2n) is 7.46. The number of rotatable bonds is 6. The number of hydrogen-bond donors (Lipinski definition) is 2. The van der Waals surface area contributed by atoms with Crippen LogP contribution in [0.5, 0.6) is 0 Å². The van der Waals surface area contributed by atoms with Crippen LogP contribution in [0, 0.1) is 0 Å². The number of halogens is 1. The van der Waals surface area contributed by atoms with E-state index in [2.05, 4.69) is 22.1 Å². The molecule has 1 aliphatic carbocycles. The molecule has 1 aliphatic rings. The molecule has 0 spiro atoms. The lowest BCUT2D eigenvalue weighted by atomic mass is 9.92. The summed E-state index contributed by atoms with van der Waals surface area (Å²) in [6.07, 6.45) is 5.72.